The predicted octanol–water partition coefficient (Wildman–Crippen LogP) is 2.06. The summed E-state index contributed by atoms with van der Waals surface area (Å²) in [6, 6.07) is 6.46. The number of hydrogen-bond donors (Lipinski definition) is 2. The van der Waals surface area contributed by atoms with Gasteiger partial charge in [-0.1, -0.05) is 26.0 Å². The molecule has 0 spiro atoms. The number of aromatic nitrogens is 1. The Morgan fingerprint density at radius 3 is 2.72 bits per heavy atom. The molecule has 7 nitrogen and oxygen atoms in total. The quantitative estimate of drug-likeness (QED) is 0.851. The molecule has 1 aromatic heterocycles. The van der Waals surface area contributed by atoms with Crippen molar-refractivity contribution in [2.45, 2.75) is 26.0 Å². The average Bonchev–Trinajstić information content (AvgIpc) is 3.11. The largest absolute Gasteiger partial charge is 0.485 e. The van der Waals surface area contributed by atoms with Crippen LogP contribution < -0.4 is 20.1 Å². The van der Waals surface area contributed by atoms with E-state index >= 15 is 0 Å². The van der Waals surface area contributed by atoms with E-state index in [-0.39, 0.29) is 24.3 Å². The van der Waals surface area contributed by atoms with Gasteiger partial charge in [0.05, 0.1) is 0 Å². The highest BCUT2D eigenvalue weighted by Crippen LogP contribution is 2.30. The first-order chi connectivity index (χ1) is 12.0. The third-order valence-corrected chi connectivity index (χ3v) is 4.40. The van der Waals surface area contributed by atoms with Crippen LogP contribution in [0.15, 0.2) is 35.8 Å². The standard InChI is InChI=1S/C17H19N3O4S/c1-10(2)14(16(22)20-17-18-7-8-25-17)19-15(21)13-9-23-11-5-3-4-6-12(11)24-13/h3-8,10,13-14H,9H2,1-2H3,(H,19,21)(H,18,20,22)/t13-,14+/m0/s1. The maximum absolute atomic E-state index is 12.5. The number of para-hydroxylation sites is 2. The average molecular weight is 361 g/mol. The van der Waals surface area contributed by atoms with E-state index in [0.717, 1.165) is 0 Å². The summed E-state index contributed by atoms with van der Waals surface area (Å²) in [5.74, 6) is 0.328. The van der Waals surface area contributed by atoms with Crippen LogP contribution >= 0.6 is 11.3 Å². The molecule has 0 saturated heterocycles. The molecule has 25 heavy (non-hydrogen) atoms. The minimum absolute atomic E-state index is 0.0966. The maximum Gasteiger partial charge on any atom is 0.265 e. The summed E-state index contributed by atoms with van der Waals surface area (Å²) in [6.07, 6.45) is 0.803. The molecule has 2 atom stereocenters. The number of carbonyl (C=O) groups excluding carboxylic acids is 2. The molecule has 2 heterocycles. The highest BCUT2D eigenvalue weighted by atomic mass is 32.1. The molecule has 2 aromatic rings. The first-order valence-electron chi connectivity index (χ1n) is 7.94. The van der Waals surface area contributed by atoms with E-state index in [2.05, 4.69) is 15.6 Å². The lowest BCUT2D eigenvalue weighted by Gasteiger charge is -2.28. The number of nitrogens with zero attached hydrogens (tertiary/aromatic N) is 1. The minimum atomic E-state index is -0.802. The summed E-state index contributed by atoms with van der Waals surface area (Å²) in [6.45, 7) is 3.82. The van der Waals surface area contributed by atoms with Crippen LogP contribution in [0.25, 0.3) is 0 Å². The van der Waals surface area contributed by atoms with Crippen molar-refractivity contribution in [1.82, 2.24) is 10.3 Å². The highest BCUT2D eigenvalue weighted by Gasteiger charge is 2.32. The van der Waals surface area contributed by atoms with E-state index in [1.165, 1.54) is 11.3 Å². The molecule has 132 valence electrons. The predicted molar refractivity (Wildman–Crippen MR) is 93.9 cm³/mol. The summed E-state index contributed by atoms with van der Waals surface area (Å²) in [7, 11) is 0. The molecule has 0 fully saturated rings. The number of anilines is 1. The molecule has 1 aromatic carbocycles. The number of hydrogen-bond acceptors (Lipinski definition) is 6. The van der Waals surface area contributed by atoms with Gasteiger partial charge in [-0.25, -0.2) is 4.98 Å². The van der Waals surface area contributed by atoms with E-state index in [1.54, 1.807) is 29.8 Å². The third-order valence-electron chi connectivity index (χ3n) is 3.71. The van der Waals surface area contributed by atoms with Crippen molar-refractivity contribution in [1.29, 1.82) is 0 Å². The normalized spacial score (nSPS) is 17.0. The van der Waals surface area contributed by atoms with Crippen LogP contribution in [-0.2, 0) is 9.59 Å². The molecular weight excluding hydrogens is 342 g/mol. The first-order valence-corrected chi connectivity index (χ1v) is 8.82. The lowest BCUT2D eigenvalue weighted by atomic mass is 10.0. The molecule has 2 N–H and O–H groups in total. The van der Waals surface area contributed by atoms with Gasteiger partial charge in [-0.3, -0.25) is 9.59 Å². The van der Waals surface area contributed by atoms with E-state index in [4.69, 9.17) is 9.47 Å². The lowest BCUT2D eigenvalue weighted by molar-refractivity contribution is -0.134. The van der Waals surface area contributed by atoms with Crippen molar-refractivity contribution in [2.24, 2.45) is 5.92 Å². The molecule has 2 amide bonds. The number of carbonyl (C=O) groups is 2. The molecule has 0 radical (unpaired) electrons. The lowest BCUT2D eigenvalue weighted by Crippen LogP contribution is -2.53. The van der Waals surface area contributed by atoms with Gasteiger partial charge in [0, 0.05) is 11.6 Å². The number of rotatable bonds is 5. The Morgan fingerprint density at radius 2 is 2.04 bits per heavy atom. The van der Waals surface area contributed by atoms with Crippen LogP contribution in [0.1, 0.15) is 13.8 Å². The van der Waals surface area contributed by atoms with E-state index in [1.807, 2.05) is 19.9 Å². The number of ether oxygens (including phenoxy) is 2. The summed E-state index contributed by atoms with van der Waals surface area (Å²) in [4.78, 5) is 29.0. The third kappa shape index (κ3) is 4.08. The molecule has 0 unspecified atom stereocenters. The van der Waals surface area contributed by atoms with Crippen LogP contribution in [0.5, 0.6) is 11.5 Å². The summed E-state index contributed by atoms with van der Waals surface area (Å²) in [5, 5.41) is 7.72. The van der Waals surface area contributed by atoms with Gasteiger partial charge in [-0.2, -0.15) is 0 Å². The highest BCUT2D eigenvalue weighted by molar-refractivity contribution is 7.13. The number of amides is 2. The van der Waals surface area contributed by atoms with E-state index in [9.17, 15) is 9.59 Å². The SMILES string of the molecule is CC(C)[C@@H](NC(=O)[C@@H]1COc2ccccc2O1)C(=O)Nc1nccs1. The zero-order valence-corrected chi connectivity index (χ0v) is 14.7. The zero-order chi connectivity index (χ0) is 17.8. The van der Waals surface area contributed by atoms with Gasteiger partial charge in [0.2, 0.25) is 12.0 Å². The van der Waals surface area contributed by atoms with Gasteiger partial charge in [-0.15, -0.1) is 11.3 Å². The number of benzene rings is 1. The molecule has 3 rings (SSSR count). The van der Waals surface area contributed by atoms with Gasteiger partial charge in [0.25, 0.3) is 5.91 Å². The molecular formula is C17H19N3O4S. The first kappa shape index (κ1) is 17.2. The Hall–Kier alpha value is -2.61. The number of fused-ring (bicyclic) bond motifs is 1. The van der Waals surface area contributed by atoms with Crippen LogP contribution in [0.2, 0.25) is 0 Å². The van der Waals surface area contributed by atoms with Crippen LogP contribution in [0, 0.1) is 5.92 Å². The van der Waals surface area contributed by atoms with Crippen molar-refractivity contribution in [3.63, 3.8) is 0 Å². The Kier molecular flexibility index (Phi) is 5.18. The fraction of sp³-hybridized carbons (Fsp3) is 0.353. The van der Waals surface area contributed by atoms with Gasteiger partial charge < -0.3 is 20.1 Å². The van der Waals surface area contributed by atoms with Gasteiger partial charge >= 0.3 is 0 Å². The van der Waals surface area contributed by atoms with Crippen molar-refractivity contribution in [3.05, 3.63) is 35.8 Å². The van der Waals surface area contributed by atoms with Crippen molar-refractivity contribution in [2.75, 3.05) is 11.9 Å². The topological polar surface area (TPSA) is 89.5 Å². The minimum Gasteiger partial charge on any atom is -0.485 e. The van der Waals surface area contributed by atoms with Gasteiger partial charge in [0.15, 0.2) is 16.6 Å². The number of thiazole rings is 1. The van der Waals surface area contributed by atoms with Crippen LogP contribution in [-0.4, -0.2) is 35.6 Å². The Bertz CT molecular complexity index is 748. The summed E-state index contributed by atoms with van der Waals surface area (Å²) >= 11 is 1.32. The fourth-order valence-corrected chi connectivity index (χ4v) is 2.93. The van der Waals surface area contributed by atoms with Crippen LogP contribution in [0.3, 0.4) is 0 Å². The summed E-state index contributed by atoms with van der Waals surface area (Å²) in [5.41, 5.74) is 0. The van der Waals surface area contributed by atoms with Gasteiger partial charge in [0.1, 0.15) is 12.6 Å². The number of nitrogens with one attached hydrogen (secondary N) is 2. The molecule has 1 aliphatic heterocycles. The molecule has 0 saturated carbocycles. The molecule has 0 aliphatic carbocycles. The Labute approximate surface area is 149 Å². The fourth-order valence-electron chi connectivity index (χ4n) is 2.40. The van der Waals surface area contributed by atoms with E-state index < -0.39 is 12.1 Å². The Morgan fingerprint density at radius 1 is 1.28 bits per heavy atom. The second-order valence-electron chi connectivity index (χ2n) is 5.92. The molecule has 1 aliphatic rings. The van der Waals surface area contributed by atoms with E-state index in [0.29, 0.717) is 16.6 Å². The smallest absolute Gasteiger partial charge is 0.265 e. The second-order valence-corrected chi connectivity index (χ2v) is 6.82. The summed E-state index contributed by atoms with van der Waals surface area (Å²) < 4.78 is 11.2. The second kappa shape index (κ2) is 7.52. The molecule has 0 bridgehead atoms. The van der Waals surface area contributed by atoms with Gasteiger partial charge in [-0.05, 0) is 18.1 Å². The maximum atomic E-state index is 12.5. The Balaban J connectivity index is 1.64. The monoisotopic (exact) mass is 361 g/mol. The molecule has 8 heteroatoms. The van der Waals surface area contributed by atoms with Crippen LogP contribution in [0.4, 0.5) is 5.13 Å². The van der Waals surface area contributed by atoms with Crippen molar-refractivity contribution < 1.29 is 19.1 Å². The van der Waals surface area contributed by atoms with Crippen molar-refractivity contribution >= 4 is 28.3 Å². The van der Waals surface area contributed by atoms with Crippen molar-refractivity contribution in [3.8, 4) is 11.5 Å². The zero-order valence-electron chi connectivity index (χ0n) is 13.9.